The van der Waals surface area contributed by atoms with Crippen LogP contribution in [0.25, 0.3) is 0 Å². The molecule has 20 heavy (non-hydrogen) atoms. The highest BCUT2D eigenvalue weighted by Gasteiger charge is 2.25. The zero-order valence-electron chi connectivity index (χ0n) is 10.8. The van der Waals surface area contributed by atoms with Gasteiger partial charge in [-0.05, 0) is 24.3 Å². The van der Waals surface area contributed by atoms with E-state index in [2.05, 4.69) is 10.6 Å². The van der Waals surface area contributed by atoms with Gasteiger partial charge in [-0.1, -0.05) is 0 Å². The highest BCUT2D eigenvalue weighted by atomic mass is 19.3. The molecule has 1 saturated heterocycles. The predicted octanol–water partition coefficient (Wildman–Crippen LogP) is 0.985. The van der Waals surface area contributed by atoms with Crippen molar-refractivity contribution in [2.24, 2.45) is 0 Å². The van der Waals surface area contributed by atoms with Crippen molar-refractivity contribution in [2.75, 3.05) is 31.1 Å². The fourth-order valence-corrected chi connectivity index (χ4v) is 2.11. The smallest absolute Gasteiger partial charge is 0.255 e. The Bertz CT molecular complexity index is 453. The zero-order valence-corrected chi connectivity index (χ0v) is 10.8. The van der Waals surface area contributed by atoms with Gasteiger partial charge in [0.2, 0.25) is 5.91 Å². The fourth-order valence-electron chi connectivity index (χ4n) is 2.11. The zero-order chi connectivity index (χ0) is 14.5. The summed E-state index contributed by atoms with van der Waals surface area (Å²) in [6, 6.07) is 5.42. The summed E-state index contributed by atoms with van der Waals surface area (Å²) in [7, 11) is 0. The number of halogens is 3. The van der Waals surface area contributed by atoms with E-state index in [9.17, 15) is 18.0 Å². The number of hydrogen-bond donors (Lipinski definition) is 2. The average molecular weight is 287 g/mol. The van der Waals surface area contributed by atoms with Crippen molar-refractivity contribution in [3.8, 4) is 0 Å². The Kier molecular flexibility index (Phi) is 4.84. The Balaban J connectivity index is 1.94. The molecular weight excluding hydrogens is 271 g/mol. The highest BCUT2D eigenvalue weighted by molar-refractivity contribution is 5.82. The number of carbonyl (C=O) groups excluding carboxylic acids is 1. The van der Waals surface area contributed by atoms with Gasteiger partial charge in [-0.2, -0.15) is 0 Å². The van der Waals surface area contributed by atoms with Crippen LogP contribution in [0.2, 0.25) is 0 Å². The molecule has 0 unspecified atom stereocenters. The van der Waals surface area contributed by atoms with Gasteiger partial charge in [0.25, 0.3) is 6.43 Å². The topological polar surface area (TPSA) is 44.4 Å². The first-order chi connectivity index (χ1) is 9.56. The van der Waals surface area contributed by atoms with Crippen molar-refractivity contribution in [2.45, 2.75) is 12.5 Å². The number of carbonyl (C=O) groups is 1. The Hall–Kier alpha value is -1.76. The SMILES string of the molecule is O=C(NCC(F)F)[C@@H]1CN(c2ccc(F)cc2)CCN1. The lowest BCUT2D eigenvalue weighted by Crippen LogP contribution is -2.57. The summed E-state index contributed by atoms with van der Waals surface area (Å²) < 4.78 is 37.0. The van der Waals surface area contributed by atoms with E-state index in [1.54, 1.807) is 12.1 Å². The molecule has 0 bridgehead atoms. The Morgan fingerprint density at radius 3 is 2.75 bits per heavy atom. The van der Waals surface area contributed by atoms with Crippen LogP contribution in [0, 0.1) is 5.82 Å². The molecular formula is C13H16F3N3O. The van der Waals surface area contributed by atoms with Crippen LogP contribution in [-0.4, -0.2) is 44.6 Å². The van der Waals surface area contributed by atoms with Crippen molar-refractivity contribution in [1.29, 1.82) is 0 Å². The molecule has 0 aliphatic carbocycles. The third kappa shape index (κ3) is 3.86. The summed E-state index contributed by atoms with van der Waals surface area (Å²) in [5.74, 6) is -0.771. The fraction of sp³-hybridized carbons (Fsp3) is 0.462. The van der Waals surface area contributed by atoms with Crippen LogP contribution in [-0.2, 0) is 4.79 Å². The molecule has 110 valence electrons. The maximum absolute atomic E-state index is 12.9. The van der Waals surface area contributed by atoms with Crippen LogP contribution in [0.5, 0.6) is 0 Å². The number of alkyl halides is 2. The Labute approximate surface area is 114 Å². The molecule has 0 saturated carbocycles. The van der Waals surface area contributed by atoms with Crippen molar-refractivity contribution in [1.82, 2.24) is 10.6 Å². The number of anilines is 1. The van der Waals surface area contributed by atoms with Gasteiger partial charge in [-0.25, -0.2) is 13.2 Å². The summed E-state index contributed by atoms with van der Waals surface area (Å²) in [6.07, 6.45) is -2.56. The number of benzene rings is 1. The molecule has 1 aliphatic rings. The number of nitrogens with zero attached hydrogens (tertiary/aromatic N) is 1. The summed E-state index contributed by atoms with van der Waals surface area (Å²) in [4.78, 5) is 13.7. The molecule has 2 N–H and O–H groups in total. The molecule has 0 aromatic heterocycles. The van der Waals surface area contributed by atoms with E-state index in [1.165, 1.54) is 12.1 Å². The van der Waals surface area contributed by atoms with Gasteiger partial charge < -0.3 is 15.5 Å². The first-order valence-corrected chi connectivity index (χ1v) is 6.36. The van der Waals surface area contributed by atoms with Gasteiger partial charge in [-0.15, -0.1) is 0 Å². The maximum Gasteiger partial charge on any atom is 0.255 e. The molecule has 2 rings (SSSR count). The van der Waals surface area contributed by atoms with Crippen molar-refractivity contribution in [3.63, 3.8) is 0 Å². The lowest BCUT2D eigenvalue weighted by molar-refractivity contribution is -0.123. The van der Waals surface area contributed by atoms with Gasteiger partial charge in [-0.3, -0.25) is 4.79 Å². The Morgan fingerprint density at radius 2 is 2.10 bits per heavy atom. The maximum atomic E-state index is 12.9. The van der Waals surface area contributed by atoms with Gasteiger partial charge in [0.15, 0.2) is 0 Å². The van der Waals surface area contributed by atoms with E-state index in [0.29, 0.717) is 19.6 Å². The average Bonchev–Trinajstić information content (AvgIpc) is 2.45. The minimum Gasteiger partial charge on any atom is -0.368 e. The standard InChI is InChI=1S/C13H16F3N3O/c14-9-1-3-10(4-2-9)19-6-5-17-11(8-19)13(20)18-7-12(15)16/h1-4,11-12,17H,5-8H2,(H,18,20)/t11-/m0/s1. The van der Waals surface area contributed by atoms with Gasteiger partial charge in [0.1, 0.15) is 11.9 Å². The number of piperazine rings is 1. The van der Waals surface area contributed by atoms with E-state index < -0.39 is 24.9 Å². The molecule has 7 heteroatoms. The van der Waals surface area contributed by atoms with E-state index >= 15 is 0 Å². The first kappa shape index (κ1) is 14.6. The molecule has 1 amide bonds. The van der Waals surface area contributed by atoms with Crippen LogP contribution < -0.4 is 15.5 Å². The minimum absolute atomic E-state index is 0.324. The number of rotatable bonds is 4. The third-order valence-electron chi connectivity index (χ3n) is 3.11. The molecule has 1 aliphatic heterocycles. The summed E-state index contributed by atoms with van der Waals surface area (Å²) in [5.41, 5.74) is 0.805. The van der Waals surface area contributed by atoms with E-state index in [0.717, 1.165) is 5.69 Å². The normalized spacial score (nSPS) is 19.2. The largest absolute Gasteiger partial charge is 0.368 e. The second kappa shape index (κ2) is 6.60. The Morgan fingerprint density at radius 1 is 1.40 bits per heavy atom. The van der Waals surface area contributed by atoms with Crippen LogP contribution in [0.3, 0.4) is 0 Å². The van der Waals surface area contributed by atoms with E-state index in [4.69, 9.17) is 0 Å². The van der Waals surface area contributed by atoms with Gasteiger partial charge >= 0.3 is 0 Å². The van der Waals surface area contributed by atoms with Crippen molar-refractivity contribution < 1.29 is 18.0 Å². The lowest BCUT2D eigenvalue weighted by Gasteiger charge is -2.34. The third-order valence-corrected chi connectivity index (χ3v) is 3.11. The predicted molar refractivity (Wildman–Crippen MR) is 69.4 cm³/mol. The molecule has 1 fully saturated rings. The summed E-state index contributed by atoms with van der Waals surface area (Å²) in [5, 5.41) is 5.18. The second-order valence-electron chi connectivity index (χ2n) is 4.57. The minimum atomic E-state index is -2.56. The monoisotopic (exact) mass is 287 g/mol. The second-order valence-corrected chi connectivity index (χ2v) is 4.57. The van der Waals surface area contributed by atoms with Crippen molar-refractivity contribution >= 4 is 11.6 Å². The van der Waals surface area contributed by atoms with E-state index in [-0.39, 0.29) is 5.82 Å². The number of nitrogens with one attached hydrogen (secondary N) is 2. The van der Waals surface area contributed by atoms with Crippen LogP contribution in [0.1, 0.15) is 0 Å². The van der Waals surface area contributed by atoms with Gasteiger partial charge in [0, 0.05) is 25.3 Å². The molecule has 1 heterocycles. The van der Waals surface area contributed by atoms with Crippen LogP contribution >= 0.6 is 0 Å². The quantitative estimate of drug-likeness (QED) is 0.868. The highest BCUT2D eigenvalue weighted by Crippen LogP contribution is 2.16. The molecule has 0 radical (unpaired) electrons. The number of hydrogen-bond acceptors (Lipinski definition) is 3. The molecule has 4 nitrogen and oxygen atoms in total. The van der Waals surface area contributed by atoms with Crippen molar-refractivity contribution in [3.05, 3.63) is 30.1 Å². The van der Waals surface area contributed by atoms with E-state index in [1.807, 2.05) is 4.90 Å². The summed E-state index contributed by atoms with van der Waals surface area (Å²) in [6.45, 7) is 0.947. The molecule has 1 aromatic rings. The lowest BCUT2D eigenvalue weighted by atomic mass is 10.1. The molecule has 1 aromatic carbocycles. The number of amides is 1. The molecule has 1 atom stereocenters. The summed E-state index contributed by atoms with van der Waals surface area (Å²) >= 11 is 0. The first-order valence-electron chi connectivity index (χ1n) is 6.36. The van der Waals surface area contributed by atoms with Gasteiger partial charge in [0.05, 0.1) is 6.54 Å². The van der Waals surface area contributed by atoms with Crippen LogP contribution in [0.15, 0.2) is 24.3 Å². The van der Waals surface area contributed by atoms with Crippen LogP contribution in [0.4, 0.5) is 18.9 Å². The molecule has 0 spiro atoms.